The fourth-order valence-corrected chi connectivity index (χ4v) is 2.63. The van der Waals surface area contributed by atoms with Crippen LogP contribution in [0.15, 0.2) is 46.9 Å². The Kier molecular flexibility index (Phi) is 4.68. The third-order valence-corrected chi connectivity index (χ3v) is 3.94. The lowest BCUT2D eigenvalue weighted by atomic mass is 10.00. The molecule has 2 rings (SSSR count). The molecule has 2 aromatic carbocycles. The molecule has 1 atom stereocenters. The van der Waals surface area contributed by atoms with Crippen molar-refractivity contribution in [3.05, 3.63) is 68.1 Å². The van der Waals surface area contributed by atoms with Gasteiger partial charge in [-0.05, 0) is 47.9 Å². The molecule has 0 aliphatic rings. The van der Waals surface area contributed by atoms with E-state index in [2.05, 4.69) is 15.9 Å². The van der Waals surface area contributed by atoms with Gasteiger partial charge in [-0.15, -0.1) is 0 Å². The van der Waals surface area contributed by atoms with E-state index in [1.807, 2.05) is 42.5 Å². The average molecular weight is 345 g/mol. The lowest BCUT2D eigenvalue weighted by Gasteiger charge is -2.14. The zero-order valence-corrected chi connectivity index (χ0v) is 12.6. The van der Waals surface area contributed by atoms with E-state index in [0.29, 0.717) is 5.02 Å². The van der Waals surface area contributed by atoms with Crippen molar-refractivity contribution in [1.82, 2.24) is 0 Å². The van der Waals surface area contributed by atoms with Crippen molar-refractivity contribution in [2.45, 2.75) is 12.5 Å². The zero-order valence-electron chi connectivity index (χ0n) is 9.54. The fraction of sp³-hybridized carbons (Fsp3) is 0.143. The van der Waals surface area contributed by atoms with Crippen LogP contribution < -0.4 is 5.73 Å². The SMILES string of the molecule is NC(Cc1ccc(Cl)cc1)c1cc(Cl)ccc1Br. The Hall–Kier alpha value is -0.540. The topological polar surface area (TPSA) is 26.0 Å². The number of hydrogen-bond acceptors (Lipinski definition) is 1. The molecule has 0 aliphatic heterocycles. The van der Waals surface area contributed by atoms with Crippen LogP contribution in [0.5, 0.6) is 0 Å². The van der Waals surface area contributed by atoms with Crippen LogP contribution in [0.1, 0.15) is 17.2 Å². The molecule has 0 bridgehead atoms. The first-order valence-corrected chi connectivity index (χ1v) is 7.06. The van der Waals surface area contributed by atoms with Gasteiger partial charge in [0.2, 0.25) is 0 Å². The van der Waals surface area contributed by atoms with Gasteiger partial charge >= 0.3 is 0 Å². The molecule has 2 aromatic rings. The summed E-state index contributed by atoms with van der Waals surface area (Å²) >= 11 is 15.3. The van der Waals surface area contributed by atoms with Crippen LogP contribution in [0.4, 0.5) is 0 Å². The summed E-state index contributed by atoms with van der Waals surface area (Å²) in [6.07, 6.45) is 0.746. The molecule has 0 fully saturated rings. The summed E-state index contributed by atoms with van der Waals surface area (Å²) in [4.78, 5) is 0. The minimum Gasteiger partial charge on any atom is -0.324 e. The highest BCUT2D eigenvalue weighted by molar-refractivity contribution is 9.10. The second-order valence-electron chi connectivity index (χ2n) is 4.10. The molecular weight excluding hydrogens is 333 g/mol. The Morgan fingerprint density at radius 1 is 1.00 bits per heavy atom. The van der Waals surface area contributed by atoms with Gasteiger partial charge in [-0.1, -0.05) is 51.3 Å². The number of benzene rings is 2. The summed E-state index contributed by atoms with van der Waals surface area (Å²) in [5.74, 6) is 0. The summed E-state index contributed by atoms with van der Waals surface area (Å²) in [6.45, 7) is 0. The summed E-state index contributed by atoms with van der Waals surface area (Å²) in [5, 5.41) is 1.43. The fourth-order valence-electron chi connectivity index (χ4n) is 1.78. The van der Waals surface area contributed by atoms with Gasteiger partial charge in [0.1, 0.15) is 0 Å². The summed E-state index contributed by atoms with van der Waals surface area (Å²) < 4.78 is 0.980. The molecule has 0 saturated heterocycles. The van der Waals surface area contributed by atoms with Gasteiger partial charge < -0.3 is 5.73 Å². The third-order valence-electron chi connectivity index (χ3n) is 2.73. The normalized spacial score (nSPS) is 12.4. The Labute approximate surface area is 125 Å². The van der Waals surface area contributed by atoms with E-state index >= 15 is 0 Å². The molecule has 0 radical (unpaired) electrons. The predicted octanol–water partition coefficient (Wildman–Crippen LogP) is 5.00. The highest BCUT2D eigenvalue weighted by Crippen LogP contribution is 2.27. The number of halogens is 3. The monoisotopic (exact) mass is 343 g/mol. The van der Waals surface area contributed by atoms with Crippen molar-refractivity contribution in [3.63, 3.8) is 0 Å². The Bertz CT molecular complexity index is 540. The average Bonchev–Trinajstić information content (AvgIpc) is 2.35. The van der Waals surface area contributed by atoms with Crippen LogP contribution in [0.3, 0.4) is 0 Å². The van der Waals surface area contributed by atoms with Gasteiger partial charge in [-0.25, -0.2) is 0 Å². The minimum absolute atomic E-state index is 0.0979. The maximum atomic E-state index is 6.21. The standard InChI is InChI=1S/C14H12BrCl2N/c15-13-6-5-11(17)8-12(13)14(18)7-9-1-3-10(16)4-2-9/h1-6,8,14H,7,18H2. The molecule has 18 heavy (non-hydrogen) atoms. The minimum atomic E-state index is -0.0979. The Morgan fingerprint density at radius 3 is 2.28 bits per heavy atom. The van der Waals surface area contributed by atoms with Crippen LogP contribution in [0.25, 0.3) is 0 Å². The molecule has 2 N–H and O–H groups in total. The first-order chi connectivity index (χ1) is 8.56. The lowest BCUT2D eigenvalue weighted by Crippen LogP contribution is -2.14. The Balaban J connectivity index is 2.18. The largest absolute Gasteiger partial charge is 0.324 e. The maximum absolute atomic E-state index is 6.21. The van der Waals surface area contributed by atoms with Crippen LogP contribution in [-0.4, -0.2) is 0 Å². The van der Waals surface area contributed by atoms with Crippen LogP contribution in [0, 0.1) is 0 Å². The number of rotatable bonds is 3. The highest BCUT2D eigenvalue weighted by atomic mass is 79.9. The van der Waals surface area contributed by atoms with Crippen LogP contribution in [0.2, 0.25) is 10.0 Å². The number of nitrogens with two attached hydrogens (primary N) is 1. The van der Waals surface area contributed by atoms with Crippen LogP contribution >= 0.6 is 39.1 Å². The van der Waals surface area contributed by atoms with E-state index in [9.17, 15) is 0 Å². The molecule has 0 heterocycles. The van der Waals surface area contributed by atoms with Crippen molar-refractivity contribution in [3.8, 4) is 0 Å². The summed E-state index contributed by atoms with van der Waals surface area (Å²) in [7, 11) is 0. The second kappa shape index (κ2) is 6.07. The van der Waals surface area contributed by atoms with E-state index in [1.165, 1.54) is 0 Å². The van der Waals surface area contributed by atoms with Gasteiger partial charge in [0.15, 0.2) is 0 Å². The molecule has 1 nitrogen and oxygen atoms in total. The maximum Gasteiger partial charge on any atom is 0.0410 e. The molecular formula is C14H12BrCl2N. The second-order valence-corrected chi connectivity index (χ2v) is 5.83. The quantitative estimate of drug-likeness (QED) is 0.833. The summed E-state index contributed by atoms with van der Waals surface area (Å²) in [6, 6.07) is 13.3. The molecule has 1 unspecified atom stereocenters. The molecule has 94 valence electrons. The van der Waals surface area contributed by atoms with E-state index in [4.69, 9.17) is 28.9 Å². The van der Waals surface area contributed by atoms with Gasteiger partial charge in [-0.3, -0.25) is 0 Å². The van der Waals surface area contributed by atoms with Gasteiger partial charge in [0, 0.05) is 20.6 Å². The van der Waals surface area contributed by atoms with Crippen molar-refractivity contribution in [1.29, 1.82) is 0 Å². The molecule has 0 aromatic heterocycles. The van der Waals surface area contributed by atoms with E-state index in [-0.39, 0.29) is 6.04 Å². The van der Waals surface area contributed by atoms with Gasteiger partial charge in [-0.2, -0.15) is 0 Å². The number of hydrogen-bond donors (Lipinski definition) is 1. The molecule has 0 saturated carbocycles. The van der Waals surface area contributed by atoms with Crippen molar-refractivity contribution < 1.29 is 0 Å². The van der Waals surface area contributed by atoms with E-state index < -0.39 is 0 Å². The molecule has 0 aliphatic carbocycles. The molecule has 4 heteroatoms. The highest BCUT2D eigenvalue weighted by Gasteiger charge is 2.11. The van der Waals surface area contributed by atoms with Crippen molar-refractivity contribution in [2.24, 2.45) is 5.73 Å². The third kappa shape index (κ3) is 3.48. The molecule has 0 amide bonds. The first-order valence-electron chi connectivity index (χ1n) is 5.51. The van der Waals surface area contributed by atoms with Crippen molar-refractivity contribution in [2.75, 3.05) is 0 Å². The van der Waals surface area contributed by atoms with Crippen molar-refractivity contribution >= 4 is 39.1 Å². The Morgan fingerprint density at radius 2 is 1.61 bits per heavy atom. The van der Waals surface area contributed by atoms with Gasteiger partial charge in [0.25, 0.3) is 0 Å². The first kappa shape index (κ1) is 13.9. The van der Waals surface area contributed by atoms with Crippen LogP contribution in [-0.2, 0) is 6.42 Å². The molecule has 0 spiro atoms. The smallest absolute Gasteiger partial charge is 0.0410 e. The predicted molar refractivity (Wildman–Crippen MR) is 81.2 cm³/mol. The van der Waals surface area contributed by atoms with Gasteiger partial charge in [0.05, 0.1) is 0 Å². The lowest BCUT2D eigenvalue weighted by molar-refractivity contribution is 0.718. The summed E-state index contributed by atoms with van der Waals surface area (Å²) in [5.41, 5.74) is 8.38. The van der Waals surface area contributed by atoms with E-state index in [1.54, 1.807) is 0 Å². The van der Waals surface area contributed by atoms with E-state index in [0.717, 1.165) is 27.0 Å². The zero-order chi connectivity index (χ0) is 13.1.